The highest BCUT2D eigenvalue weighted by atomic mass is 32.2. The molecule has 0 N–H and O–H groups in total. The van der Waals surface area contributed by atoms with Crippen LogP contribution in [0, 0.1) is 0 Å². The predicted octanol–water partition coefficient (Wildman–Crippen LogP) is 5.60. The van der Waals surface area contributed by atoms with E-state index in [1.54, 1.807) is 0 Å². The molecule has 0 amide bonds. The highest BCUT2D eigenvalue weighted by molar-refractivity contribution is 7.86. The Balaban J connectivity index is 0.000000305. The molecule has 17 heteroatoms. The summed E-state index contributed by atoms with van der Waals surface area (Å²) in [6.07, 6.45) is 15.3. The Bertz CT molecular complexity index is 2120. The van der Waals surface area contributed by atoms with Crippen molar-refractivity contribution in [2.75, 3.05) is 19.0 Å². The summed E-state index contributed by atoms with van der Waals surface area (Å²) >= 11 is 0. The second-order valence-electron chi connectivity index (χ2n) is 11.5. The van der Waals surface area contributed by atoms with Gasteiger partial charge in [0, 0.05) is 56.9 Å². The molecule has 0 aliphatic carbocycles. The van der Waals surface area contributed by atoms with E-state index in [1.807, 2.05) is 0 Å². The number of nitrogens with zero attached hydrogens (tertiary/aromatic N) is 3. The summed E-state index contributed by atoms with van der Waals surface area (Å²) < 4.78 is 123. The maximum atomic E-state index is 10.7. The van der Waals surface area contributed by atoms with Crippen molar-refractivity contribution in [2.45, 2.75) is 36.9 Å². The Morgan fingerprint density at radius 1 is 0.647 bits per heavy atom. The van der Waals surface area contributed by atoms with Crippen LogP contribution in [0.15, 0.2) is 91.3 Å². The number of anilines is 1. The Morgan fingerprint density at radius 2 is 1.12 bits per heavy atom. The molecule has 272 valence electrons. The minimum absolute atomic E-state index is 1.03. The van der Waals surface area contributed by atoms with Gasteiger partial charge < -0.3 is 14.0 Å². The Kier molecular flexibility index (Phi) is 11.8. The highest BCUT2D eigenvalue weighted by Gasteiger charge is 2.38. The van der Waals surface area contributed by atoms with E-state index in [4.69, 9.17) is 25.9 Å². The van der Waals surface area contributed by atoms with Gasteiger partial charge in [-0.1, -0.05) is 48.6 Å². The summed E-state index contributed by atoms with van der Waals surface area (Å²) in [4.78, 5) is 2.12. The molecule has 9 nitrogen and oxygen atoms in total. The number of allylic oxidation sites excluding steroid dienone is 2. The van der Waals surface area contributed by atoms with Gasteiger partial charge in [-0.15, -0.1) is 0 Å². The first kappa shape index (κ1) is 39.2. The van der Waals surface area contributed by atoms with Crippen molar-refractivity contribution < 1.29 is 61.4 Å². The molecule has 51 heavy (non-hydrogen) atoms. The maximum absolute atomic E-state index is 10.7. The molecule has 0 atom stereocenters. The van der Waals surface area contributed by atoms with Crippen LogP contribution in [0.3, 0.4) is 0 Å². The summed E-state index contributed by atoms with van der Waals surface area (Å²) in [5.41, 5.74) is 0.784. The SMILES string of the molecule is CN(C)c1ccc(/C=C/C=C/c2cc[n+]3c(c2)-c2c(ccc4c2-c2cccc[n+]2CC4)CC3)cc1.O=S(=O)([O-])C(F)(F)F.O=S(=O)([O-])C(F)(F)F. The molecule has 2 aliphatic heterocycles. The van der Waals surface area contributed by atoms with Gasteiger partial charge in [0.2, 0.25) is 11.4 Å². The highest BCUT2D eigenvalue weighted by Crippen LogP contribution is 2.39. The van der Waals surface area contributed by atoms with Crippen molar-refractivity contribution in [1.29, 1.82) is 0 Å². The van der Waals surface area contributed by atoms with Crippen molar-refractivity contribution in [3.63, 3.8) is 0 Å². The first-order valence-corrected chi connectivity index (χ1v) is 17.8. The molecule has 4 heterocycles. The van der Waals surface area contributed by atoms with Crippen molar-refractivity contribution in [3.8, 4) is 22.5 Å². The van der Waals surface area contributed by atoms with Crippen LogP contribution in [-0.4, -0.2) is 51.1 Å². The van der Waals surface area contributed by atoms with Crippen LogP contribution in [0.2, 0.25) is 0 Å². The number of fused-ring (bicyclic) bond motifs is 7. The number of alkyl halides is 6. The third-order valence-electron chi connectivity index (χ3n) is 7.80. The molecule has 0 bridgehead atoms. The Labute approximate surface area is 290 Å². The van der Waals surface area contributed by atoms with Crippen LogP contribution in [0.4, 0.5) is 32.0 Å². The molecule has 0 unspecified atom stereocenters. The van der Waals surface area contributed by atoms with Crippen molar-refractivity contribution in [3.05, 3.63) is 114 Å². The Hall–Kier alpha value is -4.58. The second kappa shape index (κ2) is 15.3. The van der Waals surface area contributed by atoms with Crippen LogP contribution in [-0.2, 0) is 46.2 Å². The minimum atomic E-state index is -6.09. The molecule has 4 aromatic rings. The van der Waals surface area contributed by atoms with E-state index in [0.717, 1.165) is 25.9 Å². The number of halogens is 6. The molecule has 0 radical (unpaired) electrons. The molecule has 0 fully saturated rings. The van der Waals surface area contributed by atoms with Crippen molar-refractivity contribution in [2.24, 2.45) is 0 Å². The summed E-state index contributed by atoms with van der Waals surface area (Å²) in [7, 11) is -8.05. The molecule has 2 aliphatic rings. The number of aromatic nitrogens is 2. The lowest BCUT2D eigenvalue weighted by atomic mass is 9.85. The number of rotatable bonds is 4. The van der Waals surface area contributed by atoms with E-state index in [9.17, 15) is 26.3 Å². The van der Waals surface area contributed by atoms with E-state index < -0.39 is 31.3 Å². The topological polar surface area (TPSA) is 125 Å². The Morgan fingerprint density at radius 3 is 1.61 bits per heavy atom. The number of hydrogen-bond acceptors (Lipinski definition) is 7. The van der Waals surface area contributed by atoms with Gasteiger partial charge in [0.1, 0.15) is 0 Å². The zero-order chi connectivity index (χ0) is 37.8. The van der Waals surface area contributed by atoms with E-state index in [1.165, 1.54) is 50.5 Å². The maximum Gasteiger partial charge on any atom is 0.485 e. The average molecular weight is 756 g/mol. The third-order valence-corrected chi connectivity index (χ3v) is 8.93. The molecule has 0 spiro atoms. The molecule has 6 rings (SSSR count). The fourth-order valence-electron chi connectivity index (χ4n) is 5.35. The molecular formula is C34H31F6N3O6S2. The molecule has 0 saturated heterocycles. The predicted molar refractivity (Wildman–Crippen MR) is 175 cm³/mol. The quantitative estimate of drug-likeness (QED) is 0.0873. The zero-order valence-electron chi connectivity index (χ0n) is 27.0. The fraction of sp³-hybridized carbons (Fsp3) is 0.235. The lowest BCUT2D eigenvalue weighted by molar-refractivity contribution is -0.689. The molecular weight excluding hydrogens is 725 g/mol. The summed E-state index contributed by atoms with van der Waals surface area (Å²) in [5.74, 6) is 0. The molecule has 2 aromatic heterocycles. The van der Waals surface area contributed by atoms with Gasteiger partial charge in [-0.25, -0.2) is 16.8 Å². The largest absolute Gasteiger partial charge is 0.741 e. The van der Waals surface area contributed by atoms with Crippen molar-refractivity contribution in [1.82, 2.24) is 0 Å². The fourth-order valence-corrected chi connectivity index (χ4v) is 5.35. The monoisotopic (exact) mass is 755 g/mol. The van der Waals surface area contributed by atoms with Crippen LogP contribution in [0.1, 0.15) is 22.3 Å². The first-order valence-electron chi connectivity index (χ1n) is 15.0. The van der Waals surface area contributed by atoms with Crippen LogP contribution in [0.25, 0.3) is 34.7 Å². The normalized spacial score (nSPS) is 13.9. The van der Waals surface area contributed by atoms with Gasteiger partial charge in [-0.2, -0.15) is 35.5 Å². The molecule has 2 aromatic carbocycles. The van der Waals surface area contributed by atoms with Gasteiger partial charge in [-0.3, -0.25) is 0 Å². The lowest BCUT2D eigenvalue weighted by Gasteiger charge is -2.22. The lowest BCUT2D eigenvalue weighted by Crippen LogP contribution is -2.43. The van der Waals surface area contributed by atoms with Gasteiger partial charge in [0.05, 0.1) is 11.1 Å². The zero-order valence-corrected chi connectivity index (χ0v) is 28.7. The number of aryl methyl sites for hydroxylation is 4. The molecule has 0 saturated carbocycles. The minimum Gasteiger partial charge on any atom is -0.741 e. The summed E-state index contributed by atoms with van der Waals surface area (Å²) in [5, 5.41) is 0. The van der Waals surface area contributed by atoms with Crippen LogP contribution >= 0.6 is 0 Å². The van der Waals surface area contributed by atoms with Gasteiger partial charge >= 0.3 is 11.0 Å². The van der Waals surface area contributed by atoms with E-state index in [0.29, 0.717) is 0 Å². The van der Waals surface area contributed by atoms with Gasteiger partial charge in [-0.05, 0) is 40.5 Å². The average Bonchev–Trinajstić information content (AvgIpc) is 3.05. The first-order chi connectivity index (χ1) is 23.7. The van der Waals surface area contributed by atoms with E-state index >= 15 is 0 Å². The van der Waals surface area contributed by atoms with E-state index in [2.05, 4.69) is 132 Å². The summed E-state index contributed by atoms with van der Waals surface area (Å²) in [6.45, 7) is 2.08. The standard InChI is InChI=1S/C32H31N3.2CHF3O3S/c1-33(2)28-14-10-24(11-15-28)7-3-4-8-25-16-20-35-22-18-27-13-12-26-17-21-34-19-6-5-9-29(34)31(26)32(27)30(35)23-25;2*2-1(3,4)8(5,6)7/h3-16,19-20,23H,17-18,21-22H2,1-2H3;2*(H,5,6,7)/q+2;;/p-2. The third kappa shape index (κ3) is 9.81. The second-order valence-corrected chi connectivity index (χ2v) is 14.2. The number of pyridine rings is 2. The number of hydrogen-bond donors (Lipinski definition) is 0. The number of benzene rings is 2. The van der Waals surface area contributed by atoms with Gasteiger partial charge in [0.25, 0.3) is 0 Å². The summed E-state index contributed by atoms with van der Waals surface area (Å²) in [6, 6.07) is 24.5. The van der Waals surface area contributed by atoms with Crippen LogP contribution in [0.5, 0.6) is 0 Å². The van der Waals surface area contributed by atoms with Crippen LogP contribution < -0.4 is 14.0 Å². The smallest absolute Gasteiger partial charge is 0.485 e. The van der Waals surface area contributed by atoms with Gasteiger partial charge in [0.15, 0.2) is 45.7 Å². The van der Waals surface area contributed by atoms with E-state index in [-0.39, 0.29) is 0 Å². The van der Waals surface area contributed by atoms with Crippen molar-refractivity contribution >= 4 is 38.1 Å².